The average molecular weight is 374 g/mol. The second-order valence-corrected chi connectivity index (χ2v) is 6.84. The highest BCUT2D eigenvalue weighted by molar-refractivity contribution is 5.92. The number of carbonyl (C=O) groups excluding carboxylic acids is 1. The summed E-state index contributed by atoms with van der Waals surface area (Å²) in [5.41, 5.74) is 4.81. The Balaban J connectivity index is 1.54. The topological polar surface area (TPSA) is 66.9 Å². The van der Waals surface area contributed by atoms with Crippen molar-refractivity contribution in [1.29, 1.82) is 0 Å². The van der Waals surface area contributed by atoms with E-state index >= 15 is 0 Å². The van der Waals surface area contributed by atoms with Crippen LogP contribution in [0.3, 0.4) is 0 Å². The number of hydrogen-bond acceptors (Lipinski definition) is 4. The molecule has 0 fully saturated rings. The maximum Gasteiger partial charge on any atom is 0.270 e. The van der Waals surface area contributed by atoms with Crippen LogP contribution in [-0.4, -0.2) is 22.4 Å². The lowest BCUT2D eigenvalue weighted by Gasteiger charge is -2.10. The van der Waals surface area contributed by atoms with E-state index in [1.807, 2.05) is 37.3 Å². The lowest BCUT2D eigenvalue weighted by molar-refractivity contribution is 0.0948. The van der Waals surface area contributed by atoms with E-state index in [0.717, 1.165) is 18.5 Å². The van der Waals surface area contributed by atoms with Crippen molar-refractivity contribution in [3.8, 4) is 0 Å². The standard InChI is InChI=1S/C23H26N4O/c1-17-9-6-7-13-20(17)16-25-23-26-18(2)15-21(27-23)22(28)24-14-8-12-19-10-4-3-5-11-19/h3-7,9-11,13,15H,8,12,14,16H2,1-2H3,(H,24,28)(H,25,26,27). The van der Waals surface area contributed by atoms with Gasteiger partial charge in [0.15, 0.2) is 0 Å². The highest BCUT2D eigenvalue weighted by Crippen LogP contribution is 2.11. The Labute approximate surface area is 166 Å². The lowest BCUT2D eigenvalue weighted by atomic mass is 10.1. The molecule has 0 radical (unpaired) electrons. The summed E-state index contributed by atoms with van der Waals surface area (Å²) in [4.78, 5) is 21.2. The second kappa shape index (κ2) is 9.65. The summed E-state index contributed by atoms with van der Waals surface area (Å²) in [6.07, 6.45) is 1.82. The fourth-order valence-corrected chi connectivity index (χ4v) is 2.98. The first-order valence-electron chi connectivity index (χ1n) is 9.58. The monoisotopic (exact) mass is 374 g/mol. The summed E-state index contributed by atoms with van der Waals surface area (Å²) < 4.78 is 0. The zero-order valence-corrected chi connectivity index (χ0v) is 16.4. The van der Waals surface area contributed by atoms with Crippen LogP contribution in [0.2, 0.25) is 0 Å². The Morgan fingerprint density at radius 1 is 0.964 bits per heavy atom. The highest BCUT2D eigenvalue weighted by Gasteiger charge is 2.10. The van der Waals surface area contributed by atoms with Crippen molar-refractivity contribution >= 4 is 11.9 Å². The second-order valence-electron chi connectivity index (χ2n) is 6.84. The van der Waals surface area contributed by atoms with E-state index in [0.29, 0.717) is 24.7 Å². The third-order valence-corrected chi connectivity index (χ3v) is 4.56. The Hall–Kier alpha value is -3.21. The van der Waals surface area contributed by atoms with Gasteiger partial charge in [-0.3, -0.25) is 4.79 Å². The minimum atomic E-state index is -0.169. The van der Waals surface area contributed by atoms with Gasteiger partial charge in [-0.05, 0) is 49.4 Å². The zero-order chi connectivity index (χ0) is 19.8. The first kappa shape index (κ1) is 19.5. The van der Waals surface area contributed by atoms with Gasteiger partial charge in [0, 0.05) is 18.8 Å². The summed E-state index contributed by atoms with van der Waals surface area (Å²) in [6.45, 7) is 5.17. The number of benzene rings is 2. The summed E-state index contributed by atoms with van der Waals surface area (Å²) in [5.74, 6) is 0.301. The molecule has 0 aliphatic rings. The lowest BCUT2D eigenvalue weighted by Crippen LogP contribution is -2.26. The maximum atomic E-state index is 12.5. The average Bonchev–Trinajstić information content (AvgIpc) is 2.71. The van der Waals surface area contributed by atoms with Crippen molar-refractivity contribution in [3.05, 3.63) is 88.7 Å². The third kappa shape index (κ3) is 5.64. The van der Waals surface area contributed by atoms with Crippen LogP contribution in [-0.2, 0) is 13.0 Å². The molecule has 0 aliphatic heterocycles. The molecule has 0 unspecified atom stereocenters. The first-order chi connectivity index (χ1) is 13.6. The van der Waals surface area contributed by atoms with Gasteiger partial charge >= 0.3 is 0 Å². The van der Waals surface area contributed by atoms with Gasteiger partial charge in [-0.25, -0.2) is 9.97 Å². The van der Waals surface area contributed by atoms with Crippen LogP contribution in [0.4, 0.5) is 5.95 Å². The third-order valence-electron chi connectivity index (χ3n) is 4.56. The summed E-state index contributed by atoms with van der Waals surface area (Å²) >= 11 is 0. The molecule has 2 N–H and O–H groups in total. The number of carbonyl (C=O) groups is 1. The predicted octanol–water partition coefficient (Wildman–Crippen LogP) is 4.07. The summed E-state index contributed by atoms with van der Waals surface area (Å²) in [5, 5.41) is 6.17. The highest BCUT2D eigenvalue weighted by atomic mass is 16.1. The number of nitrogens with zero attached hydrogens (tertiary/aromatic N) is 2. The number of aromatic nitrogens is 2. The van der Waals surface area contributed by atoms with Crippen LogP contribution in [0.25, 0.3) is 0 Å². The molecule has 1 aromatic heterocycles. The molecule has 0 saturated heterocycles. The molecule has 0 atom stereocenters. The van der Waals surface area contributed by atoms with E-state index in [-0.39, 0.29) is 5.91 Å². The fourth-order valence-electron chi connectivity index (χ4n) is 2.98. The van der Waals surface area contributed by atoms with Gasteiger partial charge in [-0.15, -0.1) is 0 Å². The number of amides is 1. The molecule has 1 heterocycles. The molecular weight excluding hydrogens is 348 g/mol. The molecule has 5 nitrogen and oxygen atoms in total. The normalized spacial score (nSPS) is 10.5. The van der Waals surface area contributed by atoms with Crippen LogP contribution < -0.4 is 10.6 Å². The molecule has 0 bridgehead atoms. The van der Waals surface area contributed by atoms with Crippen molar-refractivity contribution in [2.75, 3.05) is 11.9 Å². The molecule has 28 heavy (non-hydrogen) atoms. The van der Waals surface area contributed by atoms with Crippen LogP contribution in [0.5, 0.6) is 0 Å². The molecule has 0 aliphatic carbocycles. The van der Waals surface area contributed by atoms with Crippen molar-refractivity contribution in [3.63, 3.8) is 0 Å². The van der Waals surface area contributed by atoms with E-state index < -0.39 is 0 Å². The van der Waals surface area contributed by atoms with E-state index in [9.17, 15) is 4.79 Å². The first-order valence-corrected chi connectivity index (χ1v) is 9.58. The van der Waals surface area contributed by atoms with Gasteiger partial charge < -0.3 is 10.6 Å². The smallest absolute Gasteiger partial charge is 0.270 e. The molecule has 3 aromatic rings. The van der Waals surface area contributed by atoms with Gasteiger partial charge in [0.1, 0.15) is 5.69 Å². The molecular formula is C23H26N4O. The predicted molar refractivity (Wildman–Crippen MR) is 112 cm³/mol. The van der Waals surface area contributed by atoms with Gasteiger partial charge in [0.05, 0.1) is 0 Å². The molecule has 1 amide bonds. The van der Waals surface area contributed by atoms with Crippen LogP contribution in [0, 0.1) is 13.8 Å². The molecule has 2 aromatic carbocycles. The number of nitrogens with one attached hydrogen (secondary N) is 2. The van der Waals surface area contributed by atoms with Crippen molar-refractivity contribution < 1.29 is 4.79 Å². The number of aryl methyl sites for hydroxylation is 3. The largest absolute Gasteiger partial charge is 0.351 e. The molecule has 0 saturated carbocycles. The molecule has 5 heteroatoms. The van der Waals surface area contributed by atoms with Crippen LogP contribution in [0.1, 0.15) is 39.3 Å². The van der Waals surface area contributed by atoms with E-state index in [4.69, 9.17) is 0 Å². The van der Waals surface area contributed by atoms with Gasteiger partial charge in [0.2, 0.25) is 5.95 Å². The van der Waals surface area contributed by atoms with E-state index in [2.05, 4.69) is 51.8 Å². The SMILES string of the molecule is Cc1cc(C(=O)NCCCc2ccccc2)nc(NCc2ccccc2C)n1. The summed E-state index contributed by atoms with van der Waals surface area (Å²) in [7, 11) is 0. The zero-order valence-electron chi connectivity index (χ0n) is 16.4. The molecule has 144 valence electrons. The van der Waals surface area contributed by atoms with Crippen molar-refractivity contribution in [2.45, 2.75) is 33.2 Å². The minimum absolute atomic E-state index is 0.169. The van der Waals surface area contributed by atoms with Crippen molar-refractivity contribution in [1.82, 2.24) is 15.3 Å². The van der Waals surface area contributed by atoms with Crippen molar-refractivity contribution in [2.24, 2.45) is 0 Å². The van der Waals surface area contributed by atoms with Gasteiger partial charge in [-0.2, -0.15) is 0 Å². The summed E-state index contributed by atoms with van der Waals surface area (Å²) in [6, 6.07) is 20.1. The van der Waals surface area contributed by atoms with Gasteiger partial charge in [-0.1, -0.05) is 54.6 Å². The Kier molecular flexibility index (Phi) is 6.73. The molecule has 3 rings (SSSR count). The Morgan fingerprint density at radius 2 is 1.71 bits per heavy atom. The number of hydrogen-bond donors (Lipinski definition) is 2. The number of anilines is 1. The maximum absolute atomic E-state index is 12.5. The Bertz CT molecular complexity index is 925. The van der Waals surface area contributed by atoms with E-state index in [1.165, 1.54) is 16.7 Å². The number of rotatable bonds is 8. The van der Waals surface area contributed by atoms with E-state index in [1.54, 1.807) is 6.07 Å². The fraction of sp³-hybridized carbons (Fsp3) is 0.261. The quantitative estimate of drug-likeness (QED) is 0.583. The Morgan fingerprint density at radius 3 is 2.50 bits per heavy atom. The minimum Gasteiger partial charge on any atom is -0.351 e. The van der Waals surface area contributed by atoms with Crippen LogP contribution in [0.15, 0.2) is 60.7 Å². The molecule has 0 spiro atoms. The van der Waals surface area contributed by atoms with Gasteiger partial charge in [0.25, 0.3) is 5.91 Å². The van der Waals surface area contributed by atoms with Crippen LogP contribution >= 0.6 is 0 Å².